The molecule has 1 aliphatic carbocycles. The molecule has 0 radical (unpaired) electrons. The predicted molar refractivity (Wildman–Crippen MR) is 108 cm³/mol. The Labute approximate surface area is 165 Å². The molecule has 8 nitrogen and oxygen atoms in total. The minimum atomic E-state index is -0.805. The highest BCUT2D eigenvalue weighted by molar-refractivity contribution is 5.83. The van der Waals surface area contributed by atoms with Gasteiger partial charge in [0.15, 0.2) is 5.82 Å². The van der Waals surface area contributed by atoms with Gasteiger partial charge in [0.25, 0.3) is 0 Å². The standard InChI is InChI=1S/C20H31N5O3/c1-7-28-17(26)20(10-8-9-11-20)14-12-24-16(15(22-14)21-13(2)3)23-25(18(24)27)19(4,5)6/h12-13H,7-11H2,1-6H3,(H,21,22). The number of fused-ring (bicyclic) bond motifs is 1. The van der Waals surface area contributed by atoms with Gasteiger partial charge in [0.05, 0.1) is 17.8 Å². The van der Waals surface area contributed by atoms with E-state index in [1.165, 1.54) is 9.08 Å². The molecule has 1 fully saturated rings. The van der Waals surface area contributed by atoms with Crippen LogP contribution in [0.1, 0.15) is 72.9 Å². The Kier molecular flexibility index (Phi) is 5.25. The molecule has 0 saturated heterocycles. The summed E-state index contributed by atoms with van der Waals surface area (Å²) in [5.74, 6) is 0.259. The molecule has 154 valence electrons. The largest absolute Gasteiger partial charge is 0.465 e. The van der Waals surface area contributed by atoms with Crippen molar-refractivity contribution in [2.24, 2.45) is 0 Å². The third kappa shape index (κ3) is 3.40. The van der Waals surface area contributed by atoms with Crippen LogP contribution in [-0.4, -0.2) is 37.8 Å². The fraction of sp³-hybridized carbons (Fsp3) is 0.700. The number of anilines is 1. The maximum Gasteiger partial charge on any atom is 0.351 e. The summed E-state index contributed by atoms with van der Waals surface area (Å²) in [6, 6.07) is 0.101. The second-order valence-corrected chi connectivity index (χ2v) is 8.84. The third-order valence-electron chi connectivity index (χ3n) is 5.18. The van der Waals surface area contributed by atoms with Crippen molar-refractivity contribution in [3.63, 3.8) is 0 Å². The van der Waals surface area contributed by atoms with E-state index in [1.54, 1.807) is 13.1 Å². The van der Waals surface area contributed by atoms with Crippen molar-refractivity contribution < 1.29 is 9.53 Å². The molecular formula is C20H31N5O3. The van der Waals surface area contributed by atoms with Gasteiger partial charge in [-0.15, -0.1) is 5.10 Å². The van der Waals surface area contributed by atoms with E-state index in [1.807, 2.05) is 34.6 Å². The SMILES string of the molecule is CCOC(=O)C1(c2cn3c(=O)n(C(C)(C)C)nc3c(NC(C)C)n2)CCCC1. The number of carbonyl (C=O) groups excluding carboxylic acids is 1. The molecule has 0 aliphatic heterocycles. The average molecular weight is 390 g/mol. The second kappa shape index (κ2) is 7.22. The zero-order chi connectivity index (χ0) is 20.7. The maximum atomic E-state index is 13.1. The van der Waals surface area contributed by atoms with Crippen LogP contribution in [0, 0.1) is 0 Å². The Balaban J connectivity index is 2.27. The van der Waals surface area contributed by atoms with Crippen LogP contribution >= 0.6 is 0 Å². The first-order valence-corrected chi connectivity index (χ1v) is 10.1. The molecular weight excluding hydrogens is 358 g/mol. The summed E-state index contributed by atoms with van der Waals surface area (Å²) < 4.78 is 8.37. The van der Waals surface area contributed by atoms with Crippen molar-refractivity contribution in [2.75, 3.05) is 11.9 Å². The molecule has 2 heterocycles. The van der Waals surface area contributed by atoms with E-state index in [-0.39, 0.29) is 17.7 Å². The average Bonchev–Trinajstić information content (AvgIpc) is 3.20. The van der Waals surface area contributed by atoms with Crippen molar-refractivity contribution in [2.45, 2.75) is 84.2 Å². The lowest BCUT2D eigenvalue weighted by molar-refractivity contribution is -0.150. The molecule has 2 aromatic rings. The van der Waals surface area contributed by atoms with E-state index >= 15 is 0 Å². The molecule has 3 rings (SSSR count). The topological polar surface area (TPSA) is 90.5 Å². The highest BCUT2D eigenvalue weighted by Crippen LogP contribution is 2.42. The lowest BCUT2D eigenvalue weighted by Gasteiger charge is -2.26. The van der Waals surface area contributed by atoms with Crippen LogP contribution in [0.4, 0.5) is 5.82 Å². The van der Waals surface area contributed by atoms with E-state index in [2.05, 4.69) is 10.4 Å². The van der Waals surface area contributed by atoms with Gasteiger partial charge >= 0.3 is 11.7 Å². The number of rotatable bonds is 5. The third-order valence-corrected chi connectivity index (χ3v) is 5.18. The van der Waals surface area contributed by atoms with Crippen LogP contribution < -0.4 is 11.0 Å². The summed E-state index contributed by atoms with van der Waals surface area (Å²) >= 11 is 0. The molecule has 28 heavy (non-hydrogen) atoms. The summed E-state index contributed by atoms with van der Waals surface area (Å²) in [4.78, 5) is 30.8. The van der Waals surface area contributed by atoms with Crippen molar-refractivity contribution in [3.8, 4) is 0 Å². The van der Waals surface area contributed by atoms with Gasteiger partial charge in [-0.25, -0.2) is 18.9 Å². The van der Waals surface area contributed by atoms with E-state index in [9.17, 15) is 9.59 Å². The number of carbonyl (C=O) groups is 1. The van der Waals surface area contributed by atoms with Crippen molar-refractivity contribution >= 4 is 17.4 Å². The van der Waals surface area contributed by atoms with Crippen LogP contribution in [0.5, 0.6) is 0 Å². The first-order valence-electron chi connectivity index (χ1n) is 10.1. The normalized spacial score (nSPS) is 16.7. The quantitative estimate of drug-likeness (QED) is 0.791. The first-order chi connectivity index (χ1) is 13.1. The zero-order valence-corrected chi connectivity index (χ0v) is 17.7. The van der Waals surface area contributed by atoms with Crippen LogP contribution in [0.25, 0.3) is 5.65 Å². The maximum absolute atomic E-state index is 13.1. The van der Waals surface area contributed by atoms with Crippen LogP contribution in [0.15, 0.2) is 11.0 Å². The van der Waals surface area contributed by atoms with Crippen molar-refractivity contribution in [3.05, 3.63) is 22.4 Å². The molecule has 8 heteroatoms. The van der Waals surface area contributed by atoms with Gasteiger partial charge in [-0.05, 0) is 54.4 Å². The molecule has 1 aliphatic rings. The lowest BCUT2D eigenvalue weighted by Crippen LogP contribution is -2.37. The predicted octanol–water partition coefficient (Wildman–Crippen LogP) is 2.84. The molecule has 0 spiro atoms. The number of aromatic nitrogens is 4. The van der Waals surface area contributed by atoms with Gasteiger partial charge < -0.3 is 10.1 Å². The van der Waals surface area contributed by atoms with Crippen LogP contribution in [-0.2, 0) is 20.5 Å². The number of hydrogen-bond acceptors (Lipinski definition) is 6. The first kappa shape index (κ1) is 20.4. The molecule has 1 saturated carbocycles. The van der Waals surface area contributed by atoms with Gasteiger partial charge in [-0.3, -0.25) is 4.79 Å². The zero-order valence-electron chi connectivity index (χ0n) is 17.7. The number of ether oxygens (including phenoxy) is 1. The van der Waals surface area contributed by atoms with E-state index in [4.69, 9.17) is 9.72 Å². The lowest BCUT2D eigenvalue weighted by atomic mass is 9.83. The molecule has 0 aromatic carbocycles. The summed E-state index contributed by atoms with van der Waals surface area (Å²) in [6.45, 7) is 11.9. The van der Waals surface area contributed by atoms with Gasteiger partial charge in [-0.1, -0.05) is 12.8 Å². The minimum absolute atomic E-state index is 0.101. The highest BCUT2D eigenvalue weighted by Gasteiger charge is 2.46. The molecule has 2 aromatic heterocycles. The van der Waals surface area contributed by atoms with Gasteiger partial charge in [-0.2, -0.15) is 0 Å². The number of esters is 1. The van der Waals surface area contributed by atoms with Crippen molar-refractivity contribution in [1.29, 1.82) is 0 Å². The summed E-state index contributed by atoms with van der Waals surface area (Å²) in [7, 11) is 0. The Morgan fingerprint density at radius 1 is 1.32 bits per heavy atom. The fourth-order valence-corrected chi connectivity index (χ4v) is 3.83. The monoisotopic (exact) mass is 389 g/mol. The van der Waals surface area contributed by atoms with Crippen LogP contribution in [0.2, 0.25) is 0 Å². The number of nitrogens with one attached hydrogen (secondary N) is 1. The Bertz CT molecular complexity index is 930. The molecule has 0 bridgehead atoms. The molecule has 1 N–H and O–H groups in total. The Morgan fingerprint density at radius 2 is 1.96 bits per heavy atom. The summed E-state index contributed by atoms with van der Waals surface area (Å²) in [6.07, 6.45) is 4.89. The fourth-order valence-electron chi connectivity index (χ4n) is 3.83. The Hall–Kier alpha value is -2.38. The minimum Gasteiger partial charge on any atom is -0.465 e. The smallest absolute Gasteiger partial charge is 0.351 e. The molecule has 0 unspecified atom stereocenters. The van der Waals surface area contributed by atoms with Crippen molar-refractivity contribution in [1.82, 2.24) is 19.2 Å². The second-order valence-electron chi connectivity index (χ2n) is 8.84. The van der Waals surface area contributed by atoms with Gasteiger partial charge in [0.1, 0.15) is 5.41 Å². The summed E-state index contributed by atoms with van der Waals surface area (Å²) in [5.41, 5.74) is -0.468. The van der Waals surface area contributed by atoms with E-state index in [0.717, 1.165) is 12.8 Å². The number of nitrogens with zero attached hydrogens (tertiary/aromatic N) is 4. The number of hydrogen-bond donors (Lipinski definition) is 1. The highest BCUT2D eigenvalue weighted by atomic mass is 16.5. The summed E-state index contributed by atoms with van der Waals surface area (Å²) in [5, 5.41) is 7.83. The van der Waals surface area contributed by atoms with E-state index in [0.29, 0.717) is 36.6 Å². The van der Waals surface area contributed by atoms with Crippen LogP contribution in [0.3, 0.4) is 0 Å². The molecule has 0 amide bonds. The Morgan fingerprint density at radius 3 is 2.50 bits per heavy atom. The van der Waals surface area contributed by atoms with Gasteiger partial charge in [0, 0.05) is 12.2 Å². The van der Waals surface area contributed by atoms with Gasteiger partial charge in [0.2, 0.25) is 5.65 Å². The van der Waals surface area contributed by atoms with E-state index < -0.39 is 11.0 Å². The molecule has 0 atom stereocenters.